The molecule has 1 aromatic heterocycles. The molecule has 1 N–H and O–H groups in total. The van der Waals surface area contributed by atoms with E-state index in [0.29, 0.717) is 5.82 Å². The highest BCUT2D eigenvalue weighted by atomic mass is 35.5. The molecule has 26 heavy (non-hydrogen) atoms. The number of nitrogens with zero attached hydrogens (tertiary/aromatic N) is 2. The average Bonchev–Trinajstić information content (AvgIpc) is 3.27. The van der Waals surface area contributed by atoms with Gasteiger partial charge in [-0.3, -0.25) is 9.59 Å². The second-order valence-electron chi connectivity index (χ2n) is 6.19. The number of esters is 1. The topological polar surface area (TPSA) is 73.2 Å². The number of benzene rings is 1. The number of anilines is 1. The van der Waals surface area contributed by atoms with Crippen LogP contribution >= 0.6 is 11.6 Å². The van der Waals surface area contributed by atoms with E-state index >= 15 is 0 Å². The fourth-order valence-corrected chi connectivity index (χ4v) is 3.30. The van der Waals surface area contributed by atoms with Crippen LogP contribution in [0.3, 0.4) is 0 Å². The van der Waals surface area contributed by atoms with E-state index in [2.05, 4.69) is 10.4 Å². The van der Waals surface area contributed by atoms with Gasteiger partial charge < -0.3 is 10.1 Å². The van der Waals surface area contributed by atoms with E-state index in [1.807, 2.05) is 0 Å². The van der Waals surface area contributed by atoms with Crippen molar-refractivity contribution in [1.29, 1.82) is 0 Å². The maximum absolute atomic E-state index is 13.7. The summed E-state index contributed by atoms with van der Waals surface area (Å²) >= 11 is 5.87. The third kappa shape index (κ3) is 4.40. The SMILES string of the molecule is O=C(COC(=O)Cc1c(F)cccc1Cl)Nc1ccnn1C1CCCC1. The van der Waals surface area contributed by atoms with E-state index < -0.39 is 24.3 Å². The Balaban J connectivity index is 1.51. The Kier molecular flexibility index (Phi) is 5.88. The fraction of sp³-hybridized carbons (Fsp3) is 0.389. The summed E-state index contributed by atoms with van der Waals surface area (Å²) in [6.07, 6.45) is 5.65. The van der Waals surface area contributed by atoms with Crippen molar-refractivity contribution in [2.45, 2.75) is 38.1 Å². The van der Waals surface area contributed by atoms with Gasteiger partial charge in [-0.1, -0.05) is 30.5 Å². The minimum Gasteiger partial charge on any atom is -0.455 e. The van der Waals surface area contributed by atoms with Crippen LogP contribution < -0.4 is 5.32 Å². The van der Waals surface area contributed by atoms with Crippen molar-refractivity contribution in [3.05, 3.63) is 46.9 Å². The molecule has 3 rings (SSSR count). The smallest absolute Gasteiger partial charge is 0.310 e. The Morgan fingerprint density at radius 3 is 2.81 bits per heavy atom. The molecule has 138 valence electrons. The molecule has 1 aliphatic rings. The van der Waals surface area contributed by atoms with Crippen molar-refractivity contribution >= 4 is 29.3 Å². The van der Waals surface area contributed by atoms with Crippen LogP contribution in [-0.2, 0) is 20.7 Å². The number of nitrogens with one attached hydrogen (secondary N) is 1. The number of rotatable bonds is 6. The van der Waals surface area contributed by atoms with Gasteiger partial charge in [0.05, 0.1) is 18.7 Å². The number of ether oxygens (including phenoxy) is 1. The summed E-state index contributed by atoms with van der Waals surface area (Å²) in [6, 6.07) is 6.14. The van der Waals surface area contributed by atoms with Crippen LogP contribution in [0.5, 0.6) is 0 Å². The normalized spacial score (nSPS) is 14.4. The Morgan fingerprint density at radius 2 is 2.08 bits per heavy atom. The Morgan fingerprint density at radius 1 is 1.31 bits per heavy atom. The van der Waals surface area contributed by atoms with E-state index in [1.54, 1.807) is 16.9 Å². The van der Waals surface area contributed by atoms with Crippen LogP contribution in [0.4, 0.5) is 10.2 Å². The predicted octanol–water partition coefficient (Wildman–Crippen LogP) is 3.52. The average molecular weight is 380 g/mol. The van der Waals surface area contributed by atoms with Gasteiger partial charge in [-0.15, -0.1) is 0 Å². The molecule has 0 bridgehead atoms. The lowest BCUT2D eigenvalue weighted by atomic mass is 10.1. The highest BCUT2D eigenvalue weighted by molar-refractivity contribution is 6.31. The zero-order valence-electron chi connectivity index (χ0n) is 14.1. The summed E-state index contributed by atoms with van der Waals surface area (Å²) < 4.78 is 20.4. The number of halogens is 2. The van der Waals surface area contributed by atoms with Crippen molar-refractivity contribution in [2.24, 2.45) is 0 Å². The van der Waals surface area contributed by atoms with Crippen LogP contribution in [0, 0.1) is 5.82 Å². The second-order valence-corrected chi connectivity index (χ2v) is 6.59. The number of hydrogen-bond acceptors (Lipinski definition) is 4. The molecule has 6 nitrogen and oxygen atoms in total. The number of carbonyl (C=O) groups excluding carboxylic acids is 2. The molecule has 0 radical (unpaired) electrons. The van der Waals surface area contributed by atoms with Crippen molar-refractivity contribution in [1.82, 2.24) is 9.78 Å². The zero-order chi connectivity index (χ0) is 18.5. The number of carbonyl (C=O) groups is 2. The minimum atomic E-state index is -0.726. The van der Waals surface area contributed by atoms with Crippen LogP contribution in [0.2, 0.25) is 5.02 Å². The monoisotopic (exact) mass is 379 g/mol. The highest BCUT2D eigenvalue weighted by Crippen LogP contribution is 2.31. The molecule has 1 saturated carbocycles. The van der Waals surface area contributed by atoms with Gasteiger partial charge in [0.2, 0.25) is 0 Å². The quantitative estimate of drug-likeness (QED) is 0.779. The van der Waals surface area contributed by atoms with E-state index in [0.717, 1.165) is 25.7 Å². The number of hydrogen-bond donors (Lipinski definition) is 1. The third-order valence-electron chi connectivity index (χ3n) is 4.36. The second kappa shape index (κ2) is 8.31. The fourth-order valence-electron chi connectivity index (χ4n) is 3.07. The lowest BCUT2D eigenvalue weighted by Crippen LogP contribution is -2.24. The van der Waals surface area contributed by atoms with E-state index in [1.165, 1.54) is 18.2 Å². The van der Waals surface area contributed by atoms with Gasteiger partial charge in [0.1, 0.15) is 11.6 Å². The standard InChI is InChI=1S/C18H19ClFN3O3/c19-14-6-3-7-15(20)13(14)10-18(25)26-11-17(24)22-16-8-9-21-23(16)12-4-1-2-5-12/h3,6-9,12H,1-2,4-5,10-11H2,(H,22,24). The van der Waals surface area contributed by atoms with Gasteiger partial charge in [-0.2, -0.15) is 5.10 Å². The Hall–Kier alpha value is -2.41. The Labute approximate surface area is 155 Å². The largest absolute Gasteiger partial charge is 0.455 e. The van der Waals surface area contributed by atoms with Crippen molar-refractivity contribution in [3.8, 4) is 0 Å². The van der Waals surface area contributed by atoms with E-state index in [-0.39, 0.29) is 23.0 Å². The Bertz CT molecular complexity index is 782. The van der Waals surface area contributed by atoms with Crippen LogP contribution in [-0.4, -0.2) is 28.3 Å². The molecule has 0 aliphatic heterocycles. The minimum absolute atomic E-state index is 0.0545. The summed E-state index contributed by atoms with van der Waals surface area (Å²) in [5, 5.41) is 7.10. The number of aromatic nitrogens is 2. The lowest BCUT2D eigenvalue weighted by molar-refractivity contribution is -0.146. The maximum Gasteiger partial charge on any atom is 0.310 e. The van der Waals surface area contributed by atoms with Crippen LogP contribution in [0.1, 0.15) is 37.3 Å². The van der Waals surface area contributed by atoms with Gasteiger partial charge in [-0.05, 0) is 25.0 Å². The molecule has 2 aromatic rings. The molecule has 0 spiro atoms. The van der Waals surface area contributed by atoms with Gasteiger partial charge in [-0.25, -0.2) is 9.07 Å². The molecule has 1 amide bonds. The first-order valence-electron chi connectivity index (χ1n) is 8.46. The summed E-state index contributed by atoms with van der Waals surface area (Å²) in [5.41, 5.74) is 0.0545. The summed E-state index contributed by atoms with van der Waals surface area (Å²) in [5.74, 6) is -1.20. The molecular weight excluding hydrogens is 361 g/mol. The molecule has 1 aromatic carbocycles. The third-order valence-corrected chi connectivity index (χ3v) is 4.71. The van der Waals surface area contributed by atoms with E-state index in [9.17, 15) is 14.0 Å². The zero-order valence-corrected chi connectivity index (χ0v) is 14.8. The van der Waals surface area contributed by atoms with Gasteiger partial charge in [0.25, 0.3) is 5.91 Å². The van der Waals surface area contributed by atoms with Crippen LogP contribution in [0.25, 0.3) is 0 Å². The summed E-state index contributed by atoms with van der Waals surface area (Å²) in [6.45, 7) is -0.458. The van der Waals surface area contributed by atoms with Gasteiger partial charge in [0.15, 0.2) is 6.61 Å². The van der Waals surface area contributed by atoms with Crippen molar-refractivity contribution in [2.75, 3.05) is 11.9 Å². The predicted molar refractivity (Wildman–Crippen MR) is 94.4 cm³/mol. The number of amides is 1. The summed E-state index contributed by atoms with van der Waals surface area (Å²) in [4.78, 5) is 23.9. The first-order valence-corrected chi connectivity index (χ1v) is 8.84. The molecule has 0 atom stereocenters. The molecule has 1 heterocycles. The first-order chi connectivity index (χ1) is 12.5. The van der Waals surface area contributed by atoms with Crippen LogP contribution in [0.15, 0.2) is 30.5 Å². The molecule has 0 unspecified atom stereocenters. The molecule has 0 saturated heterocycles. The maximum atomic E-state index is 13.7. The lowest BCUT2D eigenvalue weighted by Gasteiger charge is -2.14. The molecule has 1 aliphatic carbocycles. The highest BCUT2D eigenvalue weighted by Gasteiger charge is 2.21. The first kappa shape index (κ1) is 18.4. The van der Waals surface area contributed by atoms with E-state index in [4.69, 9.17) is 16.3 Å². The van der Waals surface area contributed by atoms with Gasteiger partial charge in [0, 0.05) is 16.7 Å². The molecule has 1 fully saturated rings. The molecule has 8 heteroatoms. The summed E-state index contributed by atoms with van der Waals surface area (Å²) in [7, 11) is 0. The molecular formula is C18H19ClFN3O3. The van der Waals surface area contributed by atoms with Crippen molar-refractivity contribution in [3.63, 3.8) is 0 Å². The van der Waals surface area contributed by atoms with Gasteiger partial charge >= 0.3 is 5.97 Å². The van der Waals surface area contributed by atoms with Crippen molar-refractivity contribution < 1.29 is 18.7 Å².